The molecule has 0 atom stereocenters. The van der Waals surface area contributed by atoms with E-state index in [2.05, 4.69) is 25.4 Å². The molecule has 0 aliphatic carbocycles. The second-order valence-electron chi connectivity index (χ2n) is 0.808. The first-order valence-corrected chi connectivity index (χ1v) is 2.48. The molecule has 0 N–H and O–H groups in total. The Hall–Kier alpha value is 0.220. The first-order valence-electron chi connectivity index (χ1n) is 1.95. The van der Waals surface area contributed by atoms with Crippen molar-refractivity contribution in [2.75, 3.05) is 6.13 Å². The monoisotopic (exact) mass is 112 g/mol. The minimum atomic E-state index is -0.778. The van der Waals surface area contributed by atoms with Gasteiger partial charge >= 0.3 is 0 Å². The highest BCUT2D eigenvalue weighted by Gasteiger charge is 1.43. The van der Waals surface area contributed by atoms with Gasteiger partial charge in [0.05, 0.1) is 0 Å². The highest BCUT2D eigenvalue weighted by atomic mass is 35.5. The van der Waals surface area contributed by atoms with E-state index in [0.29, 0.717) is 0 Å². The van der Waals surface area contributed by atoms with Gasteiger partial charge in [-0.05, 0) is 0 Å². The Labute approximate surface area is 43.3 Å². The third-order valence-corrected chi connectivity index (χ3v) is 0. The SMILES string of the molecule is CCC.FCCl. The number of alkyl halides is 2. The van der Waals surface area contributed by atoms with E-state index in [1.165, 1.54) is 6.42 Å². The van der Waals surface area contributed by atoms with Crippen LogP contribution in [0.4, 0.5) is 4.39 Å². The lowest BCUT2D eigenvalue weighted by Gasteiger charge is -1.48. The summed E-state index contributed by atoms with van der Waals surface area (Å²) in [6.45, 7) is 4.25. The summed E-state index contributed by atoms with van der Waals surface area (Å²) in [7, 11) is 0. The van der Waals surface area contributed by atoms with Crippen molar-refractivity contribution in [1.82, 2.24) is 0 Å². The third-order valence-electron chi connectivity index (χ3n) is 0. The highest BCUT2D eigenvalue weighted by molar-refractivity contribution is 6.16. The summed E-state index contributed by atoms with van der Waals surface area (Å²) in [6, 6.07) is 0. The van der Waals surface area contributed by atoms with Crippen LogP contribution < -0.4 is 0 Å². The topological polar surface area (TPSA) is 0 Å². The molecule has 0 aliphatic heterocycles. The summed E-state index contributed by atoms with van der Waals surface area (Å²) in [4.78, 5) is 0. The third kappa shape index (κ3) is 904. The van der Waals surface area contributed by atoms with Gasteiger partial charge in [-0.2, -0.15) is 0 Å². The number of halogens is 2. The van der Waals surface area contributed by atoms with Crippen molar-refractivity contribution < 1.29 is 4.39 Å². The van der Waals surface area contributed by atoms with Gasteiger partial charge in [0.25, 0.3) is 0 Å². The molecule has 0 saturated carbocycles. The lowest BCUT2D eigenvalue weighted by molar-refractivity contribution is 0.599. The second kappa shape index (κ2) is 18.9. The Balaban J connectivity index is 0. The zero-order valence-corrected chi connectivity index (χ0v) is 4.93. The van der Waals surface area contributed by atoms with Gasteiger partial charge in [0, 0.05) is 0 Å². The Morgan fingerprint density at radius 2 is 1.50 bits per heavy atom. The molecule has 6 heavy (non-hydrogen) atoms. The molecular weight excluding hydrogens is 102 g/mol. The molecule has 0 saturated heterocycles. The summed E-state index contributed by atoms with van der Waals surface area (Å²) in [5, 5.41) is 0. The first kappa shape index (κ1) is 9.52. The first-order chi connectivity index (χ1) is 2.83. The Morgan fingerprint density at radius 1 is 1.50 bits per heavy atom. The molecule has 0 aromatic carbocycles. The van der Waals surface area contributed by atoms with Crippen molar-refractivity contribution in [3.05, 3.63) is 0 Å². The molecule has 0 aromatic rings. The molecule has 0 aliphatic rings. The molecule has 0 spiro atoms. The molecule has 0 rings (SSSR count). The van der Waals surface area contributed by atoms with E-state index in [0.717, 1.165) is 0 Å². The molecule has 0 amide bonds. The molecule has 0 bridgehead atoms. The summed E-state index contributed by atoms with van der Waals surface area (Å²) < 4.78 is 10.1. The van der Waals surface area contributed by atoms with E-state index in [4.69, 9.17) is 0 Å². The molecule has 0 nitrogen and oxygen atoms in total. The molecule has 0 unspecified atom stereocenters. The summed E-state index contributed by atoms with van der Waals surface area (Å²) in [5.41, 5.74) is 0. The van der Waals surface area contributed by atoms with Gasteiger partial charge in [0.1, 0.15) is 0 Å². The van der Waals surface area contributed by atoms with Crippen molar-refractivity contribution in [2.24, 2.45) is 0 Å². The number of hydrogen-bond donors (Lipinski definition) is 0. The fourth-order valence-corrected chi connectivity index (χ4v) is 0. The van der Waals surface area contributed by atoms with E-state index in [9.17, 15) is 4.39 Å². The second-order valence-corrected chi connectivity index (χ2v) is 1.01. The van der Waals surface area contributed by atoms with Crippen molar-refractivity contribution in [2.45, 2.75) is 20.3 Å². The lowest BCUT2D eigenvalue weighted by atomic mass is 10.6. The zero-order chi connectivity index (χ0) is 5.41. The fourth-order valence-electron chi connectivity index (χ4n) is 0. The van der Waals surface area contributed by atoms with Gasteiger partial charge in [0.2, 0.25) is 0 Å². The Bertz CT molecular complexity index is 9.51. The Morgan fingerprint density at radius 3 is 1.50 bits per heavy atom. The van der Waals surface area contributed by atoms with E-state index in [1.807, 2.05) is 0 Å². The van der Waals surface area contributed by atoms with Gasteiger partial charge in [-0.25, -0.2) is 4.39 Å². The standard InChI is InChI=1S/C3H8.CH2ClF/c1-3-2;2-1-3/h3H2,1-2H3;1H2. The van der Waals surface area contributed by atoms with Crippen LogP contribution >= 0.6 is 11.6 Å². The molecule has 0 heterocycles. The van der Waals surface area contributed by atoms with Crippen molar-refractivity contribution in [3.63, 3.8) is 0 Å². The van der Waals surface area contributed by atoms with Crippen LogP contribution in [-0.4, -0.2) is 6.13 Å². The van der Waals surface area contributed by atoms with Crippen LogP contribution in [0, 0.1) is 0 Å². The molecule has 0 fully saturated rings. The van der Waals surface area contributed by atoms with Crippen LogP contribution in [0.5, 0.6) is 0 Å². The van der Waals surface area contributed by atoms with Gasteiger partial charge in [-0.3, -0.25) is 0 Å². The smallest absolute Gasteiger partial charge is 0.163 e. The summed E-state index contributed by atoms with van der Waals surface area (Å²) in [6.07, 6.45) is 0.472. The molecule has 40 valence electrons. The summed E-state index contributed by atoms with van der Waals surface area (Å²) in [5.74, 6) is 0. The van der Waals surface area contributed by atoms with Crippen LogP contribution in [0.15, 0.2) is 0 Å². The molecule has 2 heteroatoms. The van der Waals surface area contributed by atoms with E-state index in [-0.39, 0.29) is 0 Å². The number of rotatable bonds is 0. The van der Waals surface area contributed by atoms with E-state index < -0.39 is 6.13 Å². The van der Waals surface area contributed by atoms with Crippen LogP contribution in [0.2, 0.25) is 0 Å². The van der Waals surface area contributed by atoms with Crippen LogP contribution in [0.3, 0.4) is 0 Å². The van der Waals surface area contributed by atoms with Gasteiger partial charge < -0.3 is 0 Å². The minimum absolute atomic E-state index is 0.778. The molecule has 0 aromatic heterocycles. The quantitative estimate of drug-likeness (QED) is 0.423. The lowest BCUT2D eigenvalue weighted by Crippen LogP contribution is -1.29. The maximum atomic E-state index is 10.1. The maximum Gasteiger partial charge on any atom is 0.163 e. The highest BCUT2D eigenvalue weighted by Crippen LogP contribution is 1.65. The fraction of sp³-hybridized carbons (Fsp3) is 1.00. The average molecular weight is 113 g/mol. The molecule has 0 radical (unpaired) electrons. The molecular formula is C4H10ClF. The minimum Gasteiger partial charge on any atom is -0.234 e. The van der Waals surface area contributed by atoms with Crippen molar-refractivity contribution in [3.8, 4) is 0 Å². The van der Waals surface area contributed by atoms with Crippen molar-refractivity contribution in [1.29, 1.82) is 0 Å². The van der Waals surface area contributed by atoms with Gasteiger partial charge in [0.15, 0.2) is 6.13 Å². The van der Waals surface area contributed by atoms with Crippen LogP contribution in [0.25, 0.3) is 0 Å². The predicted molar refractivity (Wildman–Crippen MR) is 27.8 cm³/mol. The average Bonchev–Trinajstić information content (AvgIpc) is 1.39. The summed E-state index contributed by atoms with van der Waals surface area (Å²) >= 11 is 4.33. The Kier molecular flexibility index (Phi) is 29.9. The zero-order valence-electron chi connectivity index (χ0n) is 4.17. The number of hydrogen-bond acceptors (Lipinski definition) is 0. The van der Waals surface area contributed by atoms with E-state index in [1.54, 1.807) is 0 Å². The van der Waals surface area contributed by atoms with Crippen LogP contribution in [0.1, 0.15) is 20.3 Å². The van der Waals surface area contributed by atoms with Crippen LogP contribution in [-0.2, 0) is 0 Å². The predicted octanol–water partition coefficient (Wildman–Crippen LogP) is 2.57. The van der Waals surface area contributed by atoms with Crippen molar-refractivity contribution >= 4 is 11.6 Å². The maximum absolute atomic E-state index is 10.1. The van der Waals surface area contributed by atoms with Gasteiger partial charge in [-0.1, -0.05) is 31.9 Å². The largest absolute Gasteiger partial charge is 0.234 e. The van der Waals surface area contributed by atoms with E-state index >= 15 is 0 Å². The van der Waals surface area contributed by atoms with Gasteiger partial charge in [-0.15, -0.1) is 0 Å². The normalized spacial score (nSPS) is 6.00.